The normalized spacial score (nSPS) is 17.6. The molecule has 1 N–H and O–H groups in total. The maximum atomic E-state index is 11.9. The number of benzene rings is 1. The van der Waals surface area contributed by atoms with Crippen LogP contribution in [0.3, 0.4) is 0 Å². The Labute approximate surface area is 119 Å². The second-order valence-electron chi connectivity index (χ2n) is 5.77. The maximum absolute atomic E-state index is 11.9. The molecule has 0 aromatic heterocycles. The quantitative estimate of drug-likeness (QED) is 0.852. The highest BCUT2D eigenvalue weighted by atomic mass is 16.2. The molecular weight excluding hydrogens is 252 g/mol. The van der Waals surface area contributed by atoms with Crippen molar-refractivity contribution in [3.8, 4) is 0 Å². The number of aryl methyl sites for hydroxylation is 1. The van der Waals surface area contributed by atoms with Crippen LogP contribution in [0.1, 0.15) is 42.1 Å². The van der Waals surface area contributed by atoms with E-state index in [1.54, 1.807) is 6.92 Å². The van der Waals surface area contributed by atoms with Gasteiger partial charge in [0.05, 0.1) is 6.54 Å². The second kappa shape index (κ2) is 5.27. The highest BCUT2D eigenvalue weighted by Gasteiger charge is 2.25. The largest absolute Gasteiger partial charge is 0.362 e. The highest BCUT2D eigenvalue weighted by molar-refractivity contribution is 5.95. The number of rotatable bonds is 4. The lowest BCUT2D eigenvalue weighted by Gasteiger charge is -2.31. The summed E-state index contributed by atoms with van der Waals surface area (Å²) in [5.41, 5.74) is 3.04. The number of anilines is 1. The van der Waals surface area contributed by atoms with Crippen LogP contribution in [-0.2, 0) is 11.2 Å². The molecule has 0 spiro atoms. The Kier molecular flexibility index (Phi) is 3.47. The Morgan fingerprint density at radius 2 is 2.15 bits per heavy atom. The lowest BCUT2D eigenvalue weighted by atomic mass is 9.98. The Bertz CT molecular complexity index is 549. The number of ketones is 1. The first-order valence-corrected chi connectivity index (χ1v) is 7.31. The van der Waals surface area contributed by atoms with Crippen LogP contribution < -0.4 is 10.2 Å². The minimum absolute atomic E-state index is 0.0939. The van der Waals surface area contributed by atoms with Gasteiger partial charge in [-0.3, -0.25) is 9.59 Å². The fourth-order valence-corrected chi connectivity index (χ4v) is 2.73. The summed E-state index contributed by atoms with van der Waals surface area (Å²) in [5.74, 6) is 0.201. The summed E-state index contributed by atoms with van der Waals surface area (Å²) in [6, 6.07) is 6.23. The Morgan fingerprint density at radius 3 is 2.85 bits per heavy atom. The number of carbonyl (C=O) groups is 2. The first kappa shape index (κ1) is 13.2. The first-order valence-electron chi connectivity index (χ1n) is 7.31. The van der Waals surface area contributed by atoms with E-state index in [0.717, 1.165) is 43.5 Å². The van der Waals surface area contributed by atoms with E-state index >= 15 is 0 Å². The molecular formula is C16H20N2O2. The molecule has 106 valence electrons. The predicted octanol–water partition coefficient (Wildman–Crippen LogP) is 1.92. The monoisotopic (exact) mass is 272 g/mol. The number of nitrogens with zero attached hydrogens (tertiary/aromatic N) is 1. The average molecular weight is 272 g/mol. The summed E-state index contributed by atoms with van der Waals surface area (Å²) in [6.07, 6.45) is 4.25. The number of hydrogen-bond acceptors (Lipinski definition) is 3. The van der Waals surface area contributed by atoms with Crippen molar-refractivity contribution in [1.29, 1.82) is 0 Å². The van der Waals surface area contributed by atoms with Gasteiger partial charge >= 0.3 is 0 Å². The molecule has 4 nitrogen and oxygen atoms in total. The van der Waals surface area contributed by atoms with E-state index in [1.165, 1.54) is 5.56 Å². The molecule has 0 atom stereocenters. The lowest BCUT2D eigenvalue weighted by Crippen LogP contribution is -2.40. The van der Waals surface area contributed by atoms with Gasteiger partial charge in [0.1, 0.15) is 0 Å². The lowest BCUT2D eigenvalue weighted by molar-refractivity contribution is -0.119. The van der Waals surface area contributed by atoms with E-state index in [0.29, 0.717) is 12.6 Å². The van der Waals surface area contributed by atoms with Crippen LogP contribution in [0.5, 0.6) is 0 Å². The third kappa shape index (κ3) is 2.84. The minimum atomic E-state index is 0.0939. The van der Waals surface area contributed by atoms with Crippen molar-refractivity contribution in [2.75, 3.05) is 18.0 Å². The van der Waals surface area contributed by atoms with Crippen molar-refractivity contribution in [1.82, 2.24) is 5.32 Å². The third-order valence-corrected chi connectivity index (χ3v) is 3.98. The number of nitrogens with one attached hydrogen (secondary N) is 1. The van der Waals surface area contributed by atoms with Crippen LogP contribution in [0.4, 0.5) is 5.69 Å². The van der Waals surface area contributed by atoms with Crippen LogP contribution in [0.25, 0.3) is 0 Å². The maximum Gasteiger partial charge on any atom is 0.239 e. The molecule has 0 bridgehead atoms. The van der Waals surface area contributed by atoms with E-state index in [2.05, 4.69) is 10.2 Å². The average Bonchev–Trinajstić information content (AvgIpc) is 3.22. The molecule has 2 aliphatic rings. The molecule has 0 radical (unpaired) electrons. The minimum Gasteiger partial charge on any atom is -0.362 e. The smallest absolute Gasteiger partial charge is 0.239 e. The molecule has 1 aromatic rings. The first-order chi connectivity index (χ1) is 9.63. The van der Waals surface area contributed by atoms with Gasteiger partial charge in [-0.25, -0.2) is 0 Å². The molecule has 1 aliphatic carbocycles. The van der Waals surface area contributed by atoms with Crippen molar-refractivity contribution in [3.63, 3.8) is 0 Å². The number of Topliss-reactive ketones (excluding diaryl/α,β-unsaturated/α-hetero) is 1. The molecule has 1 aromatic carbocycles. The molecule has 1 aliphatic heterocycles. The van der Waals surface area contributed by atoms with Gasteiger partial charge < -0.3 is 10.2 Å². The molecule has 0 saturated heterocycles. The number of carbonyl (C=O) groups excluding carboxylic acids is 2. The van der Waals surface area contributed by atoms with E-state index in [9.17, 15) is 9.59 Å². The van der Waals surface area contributed by atoms with Crippen molar-refractivity contribution >= 4 is 17.4 Å². The molecule has 4 heteroatoms. The SMILES string of the molecule is CC(=O)c1ccc2c(c1)CCCN2CC(=O)NC1CC1. The van der Waals surface area contributed by atoms with Crippen molar-refractivity contribution < 1.29 is 9.59 Å². The van der Waals surface area contributed by atoms with Crippen LogP contribution in [0, 0.1) is 0 Å². The van der Waals surface area contributed by atoms with Crippen LogP contribution in [-0.4, -0.2) is 30.8 Å². The van der Waals surface area contributed by atoms with Gasteiger partial charge in [-0.1, -0.05) is 0 Å². The molecule has 20 heavy (non-hydrogen) atoms. The van der Waals surface area contributed by atoms with Crippen molar-refractivity contribution in [2.45, 2.75) is 38.6 Å². The van der Waals surface area contributed by atoms with Gasteiger partial charge in [0.15, 0.2) is 5.78 Å². The predicted molar refractivity (Wildman–Crippen MR) is 78.1 cm³/mol. The Hall–Kier alpha value is -1.84. The van der Waals surface area contributed by atoms with Crippen LogP contribution in [0.15, 0.2) is 18.2 Å². The second-order valence-corrected chi connectivity index (χ2v) is 5.77. The molecule has 1 saturated carbocycles. The molecule has 3 rings (SSSR count). The third-order valence-electron chi connectivity index (χ3n) is 3.98. The van der Waals surface area contributed by atoms with E-state index in [1.807, 2.05) is 18.2 Å². The Balaban J connectivity index is 1.75. The van der Waals surface area contributed by atoms with Gasteiger partial charge in [0.2, 0.25) is 5.91 Å². The van der Waals surface area contributed by atoms with Crippen molar-refractivity contribution in [2.24, 2.45) is 0 Å². The fraction of sp³-hybridized carbons (Fsp3) is 0.500. The number of amides is 1. The summed E-state index contributed by atoms with van der Waals surface area (Å²) in [6.45, 7) is 2.92. The zero-order valence-electron chi connectivity index (χ0n) is 11.8. The van der Waals surface area contributed by atoms with E-state index in [4.69, 9.17) is 0 Å². The standard InChI is InChI=1S/C16H20N2O2/c1-11(19)12-4-7-15-13(9-12)3-2-8-18(15)10-16(20)17-14-5-6-14/h4,7,9,14H,2-3,5-6,8,10H2,1H3,(H,17,20). The molecule has 0 unspecified atom stereocenters. The van der Waals surface area contributed by atoms with E-state index in [-0.39, 0.29) is 11.7 Å². The van der Waals surface area contributed by atoms with Gasteiger partial charge in [-0.05, 0) is 56.4 Å². The van der Waals surface area contributed by atoms with Gasteiger partial charge in [-0.15, -0.1) is 0 Å². The van der Waals surface area contributed by atoms with Gasteiger partial charge in [0.25, 0.3) is 0 Å². The topological polar surface area (TPSA) is 49.4 Å². The van der Waals surface area contributed by atoms with Crippen LogP contribution in [0.2, 0.25) is 0 Å². The zero-order valence-corrected chi connectivity index (χ0v) is 11.8. The summed E-state index contributed by atoms with van der Waals surface area (Å²) >= 11 is 0. The van der Waals surface area contributed by atoms with E-state index < -0.39 is 0 Å². The highest BCUT2D eigenvalue weighted by Crippen LogP contribution is 2.28. The molecule has 1 amide bonds. The summed E-state index contributed by atoms with van der Waals surface area (Å²) in [4.78, 5) is 25.5. The molecule has 1 heterocycles. The number of fused-ring (bicyclic) bond motifs is 1. The summed E-state index contributed by atoms with van der Waals surface area (Å²) < 4.78 is 0. The van der Waals surface area contributed by atoms with Gasteiger partial charge in [0, 0.05) is 23.8 Å². The Morgan fingerprint density at radius 1 is 1.35 bits per heavy atom. The zero-order chi connectivity index (χ0) is 14.1. The summed E-state index contributed by atoms with van der Waals surface area (Å²) in [7, 11) is 0. The number of hydrogen-bond donors (Lipinski definition) is 1. The van der Waals surface area contributed by atoms with Crippen molar-refractivity contribution in [3.05, 3.63) is 29.3 Å². The fourth-order valence-electron chi connectivity index (χ4n) is 2.73. The van der Waals surface area contributed by atoms with Crippen LogP contribution >= 0.6 is 0 Å². The van der Waals surface area contributed by atoms with Gasteiger partial charge in [-0.2, -0.15) is 0 Å². The summed E-state index contributed by atoms with van der Waals surface area (Å²) in [5, 5.41) is 3.03. The molecule has 1 fully saturated rings.